The van der Waals surface area contributed by atoms with Crippen LogP contribution in [0.25, 0.3) is 0 Å². The fourth-order valence-corrected chi connectivity index (χ4v) is 1.84. The number of pyridine rings is 1. The van der Waals surface area contributed by atoms with Gasteiger partial charge in [0.25, 0.3) is 5.91 Å². The highest BCUT2D eigenvalue weighted by atomic mass is 35.5. The summed E-state index contributed by atoms with van der Waals surface area (Å²) in [5, 5.41) is 9.67. The summed E-state index contributed by atoms with van der Waals surface area (Å²) >= 11 is 0. The van der Waals surface area contributed by atoms with Crippen molar-refractivity contribution in [1.29, 1.82) is 0 Å². The van der Waals surface area contributed by atoms with Gasteiger partial charge in [0, 0.05) is 18.9 Å². The molecule has 0 bridgehead atoms. The zero-order valence-corrected chi connectivity index (χ0v) is 11.7. The van der Waals surface area contributed by atoms with Crippen molar-refractivity contribution in [3.63, 3.8) is 0 Å². The first kappa shape index (κ1) is 16.0. The van der Waals surface area contributed by atoms with Gasteiger partial charge in [-0.3, -0.25) is 9.78 Å². The number of carbonyl (C=O) groups excluding carboxylic acids is 2. The van der Waals surface area contributed by atoms with Crippen LogP contribution in [0.15, 0.2) is 35.9 Å². The zero-order valence-electron chi connectivity index (χ0n) is 10.9. The normalized spacial score (nSPS) is 14.2. The van der Waals surface area contributed by atoms with Crippen LogP contribution in [0.3, 0.4) is 0 Å². The van der Waals surface area contributed by atoms with Gasteiger partial charge in [0.15, 0.2) is 5.76 Å². The Morgan fingerprint density at radius 3 is 2.90 bits per heavy atom. The quantitative estimate of drug-likeness (QED) is 0.846. The minimum atomic E-state index is -0.651. The molecule has 1 aromatic heterocycles. The highest BCUT2D eigenvalue weighted by Crippen LogP contribution is 2.20. The molecular formula is C13H15ClN2O4. The summed E-state index contributed by atoms with van der Waals surface area (Å²) in [6, 6.07) is 3.58. The Morgan fingerprint density at radius 2 is 2.30 bits per heavy atom. The summed E-state index contributed by atoms with van der Waals surface area (Å²) in [6.45, 7) is 2.21. The Hall–Kier alpha value is -2.08. The first-order chi connectivity index (χ1) is 9.13. The average Bonchev–Trinajstić information content (AvgIpc) is 2.69. The Morgan fingerprint density at radius 1 is 1.55 bits per heavy atom. The lowest BCUT2D eigenvalue weighted by Crippen LogP contribution is -2.27. The molecule has 20 heavy (non-hydrogen) atoms. The highest BCUT2D eigenvalue weighted by molar-refractivity contribution is 6.04. The van der Waals surface area contributed by atoms with Crippen LogP contribution in [0.4, 0.5) is 0 Å². The minimum Gasteiger partial charge on any atom is -0.503 e. The molecule has 6 nitrogen and oxygen atoms in total. The van der Waals surface area contributed by atoms with Gasteiger partial charge in [0.1, 0.15) is 5.57 Å². The number of amides is 1. The summed E-state index contributed by atoms with van der Waals surface area (Å²) in [6.07, 6.45) is 3.27. The first-order valence-corrected chi connectivity index (χ1v) is 5.91. The summed E-state index contributed by atoms with van der Waals surface area (Å²) in [4.78, 5) is 28.7. The maximum atomic E-state index is 11.8. The topological polar surface area (TPSA) is 79.7 Å². The number of aliphatic hydroxyl groups is 1. The molecule has 2 rings (SSSR count). The zero-order chi connectivity index (χ0) is 13.8. The number of hydrogen-bond donors (Lipinski definition) is 1. The number of carbonyl (C=O) groups is 2. The smallest absolute Gasteiger partial charge is 0.339 e. The van der Waals surface area contributed by atoms with Crippen LogP contribution >= 0.6 is 12.4 Å². The molecule has 0 fully saturated rings. The number of aliphatic hydroxyl groups excluding tert-OH is 1. The van der Waals surface area contributed by atoms with E-state index in [1.165, 1.54) is 4.90 Å². The third kappa shape index (κ3) is 3.27. The van der Waals surface area contributed by atoms with E-state index in [0.717, 1.165) is 5.56 Å². The third-order valence-corrected chi connectivity index (χ3v) is 2.74. The molecule has 1 amide bonds. The SMILES string of the molecule is CCOC(=O)C1=C(O)C(=O)N(Cc2cccnc2)C1.Cl. The molecule has 0 spiro atoms. The second-order valence-corrected chi connectivity index (χ2v) is 4.07. The molecule has 1 aliphatic heterocycles. The van der Waals surface area contributed by atoms with Gasteiger partial charge < -0.3 is 14.7 Å². The van der Waals surface area contributed by atoms with Crippen LogP contribution in [0.2, 0.25) is 0 Å². The van der Waals surface area contributed by atoms with Gasteiger partial charge in [-0.1, -0.05) is 6.07 Å². The van der Waals surface area contributed by atoms with E-state index in [0.29, 0.717) is 6.54 Å². The second-order valence-electron chi connectivity index (χ2n) is 4.07. The maximum Gasteiger partial charge on any atom is 0.339 e. The molecule has 1 aliphatic rings. The van der Waals surface area contributed by atoms with Crippen LogP contribution in [0.5, 0.6) is 0 Å². The molecule has 0 unspecified atom stereocenters. The van der Waals surface area contributed by atoms with Crippen molar-refractivity contribution in [3.8, 4) is 0 Å². The van der Waals surface area contributed by atoms with Crippen molar-refractivity contribution in [2.45, 2.75) is 13.5 Å². The van der Waals surface area contributed by atoms with Crippen molar-refractivity contribution in [3.05, 3.63) is 41.4 Å². The van der Waals surface area contributed by atoms with E-state index in [1.807, 2.05) is 6.07 Å². The van der Waals surface area contributed by atoms with Crippen molar-refractivity contribution in [2.24, 2.45) is 0 Å². The summed E-state index contributed by atoms with van der Waals surface area (Å²) < 4.78 is 4.80. The lowest BCUT2D eigenvalue weighted by atomic mass is 10.2. The molecule has 1 aromatic rings. The van der Waals surface area contributed by atoms with Crippen LogP contribution in [-0.2, 0) is 20.9 Å². The third-order valence-electron chi connectivity index (χ3n) is 2.74. The van der Waals surface area contributed by atoms with Crippen LogP contribution < -0.4 is 0 Å². The summed E-state index contributed by atoms with van der Waals surface area (Å²) in [7, 11) is 0. The van der Waals surface area contributed by atoms with Gasteiger partial charge in [0.05, 0.1) is 13.2 Å². The fraction of sp³-hybridized carbons (Fsp3) is 0.308. The molecule has 2 heterocycles. The number of rotatable bonds is 4. The standard InChI is InChI=1S/C13H14N2O4.ClH/c1-2-19-13(18)10-8-15(12(17)11(10)16)7-9-4-3-5-14-6-9;/h3-6,16H,2,7-8H2,1H3;1H. The minimum absolute atomic E-state index is 0. The van der Waals surface area contributed by atoms with E-state index in [-0.39, 0.29) is 31.1 Å². The van der Waals surface area contributed by atoms with E-state index >= 15 is 0 Å². The van der Waals surface area contributed by atoms with Crippen molar-refractivity contribution in [2.75, 3.05) is 13.2 Å². The molecule has 0 aliphatic carbocycles. The monoisotopic (exact) mass is 298 g/mol. The van der Waals surface area contributed by atoms with E-state index < -0.39 is 17.6 Å². The molecular weight excluding hydrogens is 284 g/mol. The number of esters is 1. The summed E-state index contributed by atoms with van der Waals surface area (Å²) in [5.41, 5.74) is 0.837. The van der Waals surface area contributed by atoms with Crippen LogP contribution in [-0.4, -0.2) is 40.0 Å². The molecule has 0 saturated carbocycles. The van der Waals surface area contributed by atoms with Crippen molar-refractivity contribution >= 4 is 24.3 Å². The number of halogens is 1. The Kier molecular flexibility index (Phi) is 5.52. The lowest BCUT2D eigenvalue weighted by Gasteiger charge is -2.15. The van der Waals surface area contributed by atoms with Gasteiger partial charge in [-0.15, -0.1) is 12.4 Å². The van der Waals surface area contributed by atoms with Gasteiger partial charge in [0.2, 0.25) is 0 Å². The Bertz CT molecular complexity index is 530. The van der Waals surface area contributed by atoms with Crippen molar-refractivity contribution < 1.29 is 19.4 Å². The average molecular weight is 299 g/mol. The van der Waals surface area contributed by atoms with Crippen LogP contribution in [0, 0.1) is 0 Å². The molecule has 1 N–H and O–H groups in total. The van der Waals surface area contributed by atoms with E-state index in [9.17, 15) is 14.7 Å². The van der Waals surface area contributed by atoms with Gasteiger partial charge in [-0.25, -0.2) is 4.79 Å². The van der Waals surface area contributed by atoms with E-state index in [2.05, 4.69) is 4.98 Å². The summed E-state index contributed by atoms with van der Waals surface area (Å²) in [5.74, 6) is -1.74. The first-order valence-electron chi connectivity index (χ1n) is 5.91. The largest absolute Gasteiger partial charge is 0.503 e. The molecule has 0 saturated heterocycles. The maximum absolute atomic E-state index is 11.8. The number of hydrogen-bond acceptors (Lipinski definition) is 5. The van der Waals surface area contributed by atoms with Gasteiger partial charge >= 0.3 is 5.97 Å². The van der Waals surface area contributed by atoms with E-state index in [4.69, 9.17) is 4.74 Å². The second kappa shape index (κ2) is 6.91. The number of nitrogens with zero attached hydrogens (tertiary/aromatic N) is 2. The number of ether oxygens (including phenoxy) is 1. The highest BCUT2D eigenvalue weighted by Gasteiger charge is 2.34. The predicted octanol–water partition coefficient (Wildman–Crippen LogP) is 1.22. The van der Waals surface area contributed by atoms with Gasteiger partial charge in [-0.05, 0) is 18.6 Å². The lowest BCUT2D eigenvalue weighted by molar-refractivity contribution is -0.138. The molecule has 0 radical (unpaired) electrons. The van der Waals surface area contributed by atoms with Crippen molar-refractivity contribution in [1.82, 2.24) is 9.88 Å². The van der Waals surface area contributed by atoms with E-state index in [1.54, 1.807) is 25.4 Å². The number of aromatic nitrogens is 1. The molecule has 108 valence electrons. The predicted molar refractivity (Wildman–Crippen MR) is 73.2 cm³/mol. The Balaban J connectivity index is 0.00000200. The molecule has 7 heteroatoms. The molecule has 0 atom stereocenters. The Labute approximate surface area is 122 Å². The van der Waals surface area contributed by atoms with Crippen LogP contribution in [0.1, 0.15) is 12.5 Å². The molecule has 0 aromatic carbocycles. The fourth-order valence-electron chi connectivity index (χ4n) is 1.84. The van der Waals surface area contributed by atoms with Gasteiger partial charge in [-0.2, -0.15) is 0 Å².